The lowest BCUT2D eigenvalue weighted by Crippen LogP contribution is -1.87. The fourth-order valence-electron chi connectivity index (χ4n) is 1.00. The summed E-state index contributed by atoms with van der Waals surface area (Å²) in [5.41, 5.74) is 1.54. The van der Waals surface area contributed by atoms with Crippen molar-refractivity contribution in [1.82, 2.24) is 0 Å². The van der Waals surface area contributed by atoms with E-state index in [9.17, 15) is 4.79 Å². The SMILES string of the molecule is CSc1ccc(C=O)c(Cl)c1C. The molecule has 0 fully saturated rings. The molecule has 64 valence electrons. The molecule has 0 aliphatic heterocycles. The summed E-state index contributed by atoms with van der Waals surface area (Å²) in [7, 11) is 0. The molecule has 0 unspecified atom stereocenters. The van der Waals surface area contributed by atoms with E-state index in [2.05, 4.69) is 0 Å². The molecule has 1 rings (SSSR count). The van der Waals surface area contributed by atoms with Gasteiger partial charge in [-0.15, -0.1) is 11.8 Å². The average molecular weight is 201 g/mol. The molecule has 3 heteroatoms. The maximum atomic E-state index is 10.5. The third kappa shape index (κ3) is 1.65. The van der Waals surface area contributed by atoms with Crippen LogP contribution in [0.2, 0.25) is 5.02 Å². The minimum atomic E-state index is 0.562. The van der Waals surface area contributed by atoms with Crippen molar-refractivity contribution >= 4 is 29.6 Å². The van der Waals surface area contributed by atoms with Gasteiger partial charge in [0.05, 0.1) is 5.02 Å². The molecule has 0 heterocycles. The Morgan fingerprint density at radius 1 is 1.50 bits per heavy atom. The highest BCUT2D eigenvalue weighted by atomic mass is 35.5. The third-order valence-electron chi connectivity index (χ3n) is 1.71. The summed E-state index contributed by atoms with van der Waals surface area (Å²) < 4.78 is 0. The van der Waals surface area contributed by atoms with Crippen molar-refractivity contribution in [2.24, 2.45) is 0 Å². The van der Waals surface area contributed by atoms with Gasteiger partial charge in [-0.3, -0.25) is 4.79 Å². The summed E-state index contributed by atoms with van der Waals surface area (Å²) in [4.78, 5) is 11.6. The Morgan fingerprint density at radius 2 is 2.17 bits per heavy atom. The van der Waals surface area contributed by atoms with Crippen LogP contribution in [0.3, 0.4) is 0 Å². The van der Waals surface area contributed by atoms with Gasteiger partial charge in [-0.05, 0) is 30.9 Å². The normalized spacial score (nSPS) is 9.92. The van der Waals surface area contributed by atoms with E-state index in [4.69, 9.17) is 11.6 Å². The van der Waals surface area contributed by atoms with Crippen LogP contribution in [0.1, 0.15) is 15.9 Å². The quantitative estimate of drug-likeness (QED) is 0.539. The molecule has 0 atom stereocenters. The summed E-state index contributed by atoms with van der Waals surface area (Å²) in [6.45, 7) is 1.92. The Bertz CT molecular complexity index is 310. The van der Waals surface area contributed by atoms with Crippen LogP contribution in [0, 0.1) is 6.92 Å². The van der Waals surface area contributed by atoms with Gasteiger partial charge in [-0.1, -0.05) is 11.6 Å². The van der Waals surface area contributed by atoms with Crippen LogP contribution < -0.4 is 0 Å². The van der Waals surface area contributed by atoms with Gasteiger partial charge in [0.15, 0.2) is 6.29 Å². The predicted molar refractivity (Wildman–Crippen MR) is 53.4 cm³/mol. The number of hydrogen-bond donors (Lipinski definition) is 0. The first-order chi connectivity index (χ1) is 5.70. The van der Waals surface area contributed by atoms with E-state index in [0.717, 1.165) is 16.7 Å². The Balaban J connectivity index is 3.29. The largest absolute Gasteiger partial charge is 0.298 e. The monoisotopic (exact) mass is 200 g/mol. The predicted octanol–water partition coefficient (Wildman–Crippen LogP) is 3.18. The van der Waals surface area contributed by atoms with Crippen LogP contribution in [-0.4, -0.2) is 12.5 Å². The van der Waals surface area contributed by atoms with Crippen molar-refractivity contribution in [3.05, 3.63) is 28.3 Å². The van der Waals surface area contributed by atoms with Gasteiger partial charge in [0.1, 0.15) is 0 Å². The van der Waals surface area contributed by atoms with Crippen molar-refractivity contribution in [2.75, 3.05) is 6.26 Å². The molecule has 0 amide bonds. The molecule has 0 saturated heterocycles. The molecule has 1 aromatic carbocycles. The second kappa shape index (κ2) is 3.97. The van der Waals surface area contributed by atoms with Crippen LogP contribution in [0.15, 0.2) is 17.0 Å². The van der Waals surface area contributed by atoms with E-state index >= 15 is 0 Å². The maximum absolute atomic E-state index is 10.5. The maximum Gasteiger partial charge on any atom is 0.151 e. The zero-order valence-electron chi connectivity index (χ0n) is 6.93. The van der Waals surface area contributed by atoms with Gasteiger partial charge in [0.2, 0.25) is 0 Å². The second-order valence-electron chi connectivity index (χ2n) is 2.41. The summed E-state index contributed by atoms with van der Waals surface area (Å²) in [5.74, 6) is 0. The molecule has 1 aromatic rings. The number of thioether (sulfide) groups is 1. The van der Waals surface area contributed by atoms with Gasteiger partial charge in [0.25, 0.3) is 0 Å². The van der Waals surface area contributed by atoms with E-state index in [1.54, 1.807) is 17.8 Å². The van der Waals surface area contributed by atoms with Gasteiger partial charge in [0, 0.05) is 10.5 Å². The molecule has 0 N–H and O–H groups in total. The topological polar surface area (TPSA) is 17.1 Å². The molecule has 0 radical (unpaired) electrons. The molecule has 0 aliphatic rings. The molecule has 0 saturated carbocycles. The summed E-state index contributed by atoms with van der Waals surface area (Å²) in [6.07, 6.45) is 2.76. The van der Waals surface area contributed by atoms with Crippen molar-refractivity contribution in [1.29, 1.82) is 0 Å². The Kier molecular flexibility index (Phi) is 3.18. The highest BCUT2D eigenvalue weighted by molar-refractivity contribution is 7.98. The third-order valence-corrected chi connectivity index (χ3v) is 3.10. The van der Waals surface area contributed by atoms with Crippen LogP contribution in [0.25, 0.3) is 0 Å². The van der Waals surface area contributed by atoms with Crippen molar-refractivity contribution < 1.29 is 4.79 Å². The number of rotatable bonds is 2. The summed E-state index contributed by atoms with van der Waals surface area (Å²) in [5, 5.41) is 0.567. The minimum absolute atomic E-state index is 0.562. The average Bonchev–Trinajstić information content (AvgIpc) is 2.10. The smallest absolute Gasteiger partial charge is 0.151 e. The highest BCUT2D eigenvalue weighted by Crippen LogP contribution is 2.28. The second-order valence-corrected chi connectivity index (χ2v) is 3.64. The summed E-state index contributed by atoms with van der Waals surface area (Å²) >= 11 is 7.56. The van der Waals surface area contributed by atoms with Crippen LogP contribution >= 0.6 is 23.4 Å². The highest BCUT2D eigenvalue weighted by Gasteiger charge is 2.05. The van der Waals surface area contributed by atoms with Gasteiger partial charge < -0.3 is 0 Å². The van der Waals surface area contributed by atoms with E-state index in [-0.39, 0.29) is 0 Å². The lowest BCUT2D eigenvalue weighted by atomic mass is 10.1. The zero-order chi connectivity index (χ0) is 9.14. The van der Waals surface area contributed by atoms with E-state index < -0.39 is 0 Å². The number of benzene rings is 1. The van der Waals surface area contributed by atoms with Gasteiger partial charge in [-0.2, -0.15) is 0 Å². The Labute approximate surface area is 81.1 Å². The van der Waals surface area contributed by atoms with E-state index in [1.807, 2.05) is 19.2 Å². The van der Waals surface area contributed by atoms with Crippen molar-refractivity contribution in [2.45, 2.75) is 11.8 Å². The molecule has 0 spiro atoms. The molecular weight excluding hydrogens is 192 g/mol. The number of hydrogen-bond acceptors (Lipinski definition) is 2. The molecule has 0 aliphatic carbocycles. The lowest BCUT2D eigenvalue weighted by molar-refractivity contribution is 0.112. The van der Waals surface area contributed by atoms with Crippen LogP contribution in [0.5, 0.6) is 0 Å². The van der Waals surface area contributed by atoms with Crippen molar-refractivity contribution in [3.8, 4) is 0 Å². The number of carbonyl (C=O) groups excluding carboxylic acids is 1. The van der Waals surface area contributed by atoms with E-state index in [0.29, 0.717) is 10.6 Å². The van der Waals surface area contributed by atoms with Gasteiger partial charge >= 0.3 is 0 Å². The number of halogens is 1. The number of carbonyl (C=O) groups is 1. The van der Waals surface area contributed by atoms with Crippen LogP contribution in [-0.2, 0) is 0 Å². The Hall–Kier alpha value is -0.470. The summed E-state index contributed by atoms with van der Waals surface area (Å²) in [6, 6.07) is 3.66. The van der Waals surface area contributed by atoms with Crippen LogP contribution in [0.4, 0.5) is 0 Å². The molecule has 0 bridgehead atoms. The van der Waals surface area contributed by atoms with Crippen molar-refractivity contribution in [3.63, 3.8) is 0 Å². The zero-order valence-corrected chi connectivity index (χ0v) is 8.50. The molecular formula is C9H9ClOS. The molecule has 0 aromatic heterocycles. The lowest BCUT2D eigenvalue weighted by Gasteiger charge is -2.05. The number of aldehydes is 1. The first-order valence-corrected chi connectivity index (χ1v) is 5.09. The molecule has 1 nitrogen and oxygen atoms in total. The van der Waals surface area contributed by atoms with Gasteiger partial charge in [-0.25, -0.2) is 0 Å². The minimum Gasteiger partial charge on any atom is -0.298 e. The molecule has 12 heavy (non-hydrogen) atoms. The first-order valence-electron chi connectivity index (χ1n) is 3.49. The standard InChI is InChI=1S/C9H9ClOS/c1-6-8(12-2)4-3-7(5-11)9(6)10/h3-5H,1-2H3. The van der Waals surface area contributed by atoms with E-state index in [1.165, 1.54) is 0 Å². The fraction of sp³-hybridized carbons (Fsp3) is 0.222. The fourth-order valence-corrected chi connectivity index (χ4v) is 1.88. The first kappa shape index (κ1) is 9.62. The Morgan fingerprint density at radius 3 is 2.67 bits per heavy atom.